The summed E-state index contributed by atoms with van der Waals surface area (Å²) in [6.07, 6.45) is 2.33. The van der Waals surface area contributed by atoms with Crippen molar-refractivity contribution in [2.24, 2.45) is 11.3 Å². The summed E-state index contributed by atoms with van der Waals surface area (Å²) in [5.74, 6) is 0.634. The molecule has 4 atom stereocenters. The van der Waals surface area contributed by atoms with E-state index in [2.05, 4.69) is 43.4 Å². The Labute approximate surface area is 121 Å². The third-order valence-corrected chi connectivity index (χ3v) is 5.10. The molecule has 2 N–H and O–H groups in total. The summed E-state index contributed by atoms with van der Waals surface area (Å²) in [6, 6.07) is 11.2. The van der Waals surface area contributed by atoms with Crippen LogP contribution in [0.15, 0.2) is 30.3 Å². The fourth-order valence-corrected chi connectivity index (χ4v) is 4.04. The molecular formula is C17H25NO2. The van der Waals surface area contributed by atoms with E-state index in [9.17, 15) is 5.11 Å². The van der Waals surface area contributed by atoms with Gasteiger partial charge in [-0.05, 0) is 18.4 Å². The second-order valence-corrected chi connectivity index (χ2v) is 6.69. The summed E-state index contributed by atoms with van der Waals surface area (Å²) in [4.78, 5) is 0. The lowest BCUT2D eigenvalue weighted by atomic mass is 9.57. The van der Waals surface area contributed by atoms with Gasteiger partial charge in [-0.3, -0.25) is 0 Å². The molecule has 0 radical (unpaired) electrons. The van der Waals surface area contributed by atoms with E-state index >= 15 is 0 Å². The highest BCUT2D eigenvalue weighted by molar-refractivity contribution is 5.21. The zero-order valence-corrected chi connectivity index (χ0v) is 12.4. The molecule has 1 saturated carbocycles. The number of aliphatic hydroxyl groups excluding tert-OH is 1. The van der Waals surface area contributed by atoms with Crippen LogP contribution in [0.4, 0.5) is 0 Å². The summed E-state index contributed by atoms with van der Waals surface area (Å²) in [5, 5.41) is 13.1. The minimum absolute atomic E-state index is 0.184. The van der Waals surface area contributed by atoms with Crippen molar-refractivity contribution in [3.05, 3.63) is 35.9 Å². The van der Waals surface area contributed by atoms with Crippen molar-refractivity contribution >= 4 is 0 Å². The number of aliphatic hydroxyl groups is 1. The summed E-state index contributed by atoms with van der Waals surface area (Å²) in [5.41, 5.74) is 1.45. The van der Waals surface area contributed by atoms with Crippen LogP contribution in [0.2, 0.25) is 0 Å². The van der Waals surface area contributed by atoms with Gasteiger partial charge in [0.25, 0.3) is 0 Å². The van der Waals surface area contributed by atoms with Gasteiger partial charge in [-0.15, -0.1) is 0 Å². The van der Waals surface area contributed by atoms with Gasteiger partial charge in [-0.25, -0.2) is 0 Å². The number of hydrogen-bond donors (Lipinski definition) is 2. The van der Waals surface area contributed by atoms with Crippen molar-refractivity contribution in [1.82, 2.24) is 5.32 Å². The Morgan fingerprint density at radius 2 is 2.10 bits per heavy atom. The predicted molar refractivity (Wildman–Crippen MR) is 79.4 cm³/mol. The smallest absolute Gasteiger partial charge is 0.0685 e. The van der Waals surface area contributed by atoms with Gasteiger partial charge in [0, 0.05) is 36.6 Å². The van der Waals surface area contributed by atoms with E-state index in [0.29, 0.717) is 18.1 Å². The third-order valence-electron chi connectivity index (χ3n) is 5.10. The Hall–Kier alpha value is -0.900. The lowest BCUT2D eigenvalue weighted by Crippen LogP contribution is -2.66. The van der Waals surface area contributed by atoms with Gasteiger partial charge < -0.3 is 15.2 Å². The van der Waals surface area contributed by atoms with Crippen LogP contribution in [-0.2, 0) is 4.74 Å². The number of fused-ring (bicyclic) bond motifs is 1. The summed E-state index contributed by atoms with van der Waals surface area (Å²) in [6.45, 7) is 5.69. The number of benzene rings is 1. The van der Waals surface area contributed by atoms with E-state index in [1.807, 2.05) is 6.07 Å². The van der Waals surface area contributed by atoms with Crippen LogP contribution >= 0.6 is 0 Å². The average Bonchev–Trinajstić information content (AvgIpc) is 2.91. The van der Waals surface area contributed by atoms with E-state index in [1.54, 1.807) is 0 Å². The molecule has 1 saturated heterocycles. The molecule has 2 fully saturated rings. The fourth-order valence-electron chi connectivity index (χ4n) is 4.04. The van der Waals surface area contributed by atoms with Crippen LogP contribution in [0.3, 0.4) is 0 Å². The van der Waals surface area contributed by atoms with Crippen molar-refractivity contribution < 1.29 is 9.84 Å². The topological polar surface area (TPSA) is 41.5 Å². The van der Waals surface area contributed by atoms with Crippen LogP contribution in [0, 0.1) is 11.3 Å². The maximum atomic E-state index is 9.35. The molecule has 110 valence electrons. The Bertz CT molecular complexity index is 446. The molecule has 3 unspecified atom stereocenters. The Kier molecular flexibility index (Phi) is 3.85. The van der Waals surface area contributed by atoms with Crippen LogP contribution in [0.1, 0.15) is 38.3 Å². The molecule has 1 aromatic carbocycles. The summed E-state index contributed by atoms with van der Waals surface area (Å²) < 4.78 is 5.86. The first kappa shape index (κ1) is 14.1. The molecule has 3 rings (SSSR count). The van der Waals surface area contributed by atoms with Crippen molar-refractivity contribution in [3.8, 4) is 0 Å². The monoisotopic (exact) mass is 275 g/mol. The molecule has 0 amide bonds. The van der Waals surface area contributed by atoms with Gasteiger partial charge in [0.05, 0.1) is 6.10 Å². The molecular weight excluding hydrogens is 250 g/mol. The maximum absolute atomic E-state index is 9.35. The van der Waals surface area contributed by atoms with E-state index in [4.69, 9.17) is 4.74 Å². The van der Waals surface area contributed by atoms with Crippen molar-refractivity contribution in [2.45, 2.75) is 44.9 Å². The largest absolute Gasteiger partial charge is 0.396 e. The second kappa shape index (κ2) is 5.47. The molecule has 3 nitrogen and oxygen atoms in total. The van der Waals surface area contributed by atoms with Gasteiger partial charge in [0.1, 0.15) is 0 Å². The first-order chi connectivity index (χ1) is 9.64. The van der Waals surface area contributed by atoms with E-state index in [-0.39, 0.29) is 18.1 Å². The Balaban J connectivity index is 1.74. The molecule has 1 aliphatic heterocycles. The highest BCUT2D eigenvalue weighted by Crippen LogP contribution is 2.52. The van der Waals surface area contributed by atoms with Crippen LogP contribution in [0.25, 0.3) is 0 Å². The molecule has 0 spiro atoms. The number of rotatable bonds is 5. The van der Waals surface area contributed by atoms with Crippen LogP contribution < -0.4 is 5.32 Å². The zero-order valence-electron chi connectivity index (χ0n) is 12.4. The summed E-state index contributed by atoms with van der Waals surface area (Å²) in [7, 11) is 0. The van der Waals surface area contributed by atoms with Gasteiger partial charge in [-0.1, -0.05) is 44.2 Å². The standard InChI is InChI=1S/C17H25NO2/c1-17(2)15(13-9-11-20-16(13)17)18-14(8-10-19)12-6-4-3-5-7-12/h3-7,13-16,18-19H,8-11H2,1-2H3/t13?,14-,15?,16?/m1/s1. The second-order valence-electron chi connectivity index (χ2n) is 6.69. The molecule has 1 aliphatic carbocycles. The normalized spacial score (nSPS) is 32.5. The highest BCUT2D eigenvalue weighted by atomic mass is 16.5. The fraction of sp³-hybridized carbons (Fsp3) is 0.647. The minimum Gasteiger partial charge on any atom is -0.396 e. The lowest BCUT2D eigenvalue weighted by Gasteiger charge is -2.56. The van der Waals surface area contributed by atoms with Gasteiger partial charge in [0.2, 0.25) is 0 Å². The predicted octanol–water partition coefficient (Wildman–Crippen LogP) is 2.51. The van der Waals surface area contributed by atoms with Gasteiger partial charge in [-0.2, -0.15) is 0 Å². The first-order valence-electron chi connectivity index (χ1n) is 7.68. The quantitative estimate of drug-likeness (QED) is 0.867. The maximum Gasteiger partial charge on any atom is 0.0685 e. The van der Waals surface area contributed by atoms with Gasteiger partial charge in [0.15, 0.2) is 0 Å². The van der Waals surface area contributed by atoms with E-state index in [0.717, 1.165) is 19.4 Å². The Morgan fingerprint density at radius 1 is 1.35 bits per heavy atom. The molecule has 3 heteroatoms. The zero-order chi connectivity index (χ0) is 14.2. The van der Waals surface area contributed by atoms with Crippen molar-refractivity contribution in [2.75, 3.05) is 13.2 Å². The van der Waals surface area contributed by atoms with E-state index < -0.39 is 0 Å². The van der Waals surface area contributed by atoms with Gasteiger partial charge >= 0.3 is 0 Å². The molecule has 1 heterocycles. The molecule has 1 aromatic rings. The van der Waals surface area contributed by atoms with Crippen LogP contribution in [-0.4, -0.2) is 30.5 Å². The van der Waals surface area contributed by atoms with Crippen molar-refractivity contribution in [1.29, 1.82) is 0 Å². The van der Waals surface area contributed by atoms with Crippen LogP contribution in [0.5, 0.6) is 0 Å². The average molecular weight is 275 g/mol. The molecule has 0 aromatic heterocycles. The molecule has 20 heavy (non-hydrogen) atoms. The number of ether oxygens (including phenoxy) is 1. The summed E-state index contributed by atoms with van der Waals surface area (Å²) >= 11 is 0. The van der Waals surface area contributed by atoms with E-state index in [1.165, 1.54) is 5.56 Å². The Morgan fingerprint density at radius 3 is 2.80 bits per heavy atom. The lowest BCUT2D eigenvalue weighted by molar-refractivity contribution is -0.116. The van der Waals surface area contributed by atoms with Crippen molar-refractivity contribution in [3.63, 3.8) is 0 Å². The number of nitrogens with one attached hydrogen (secondary N) is 1. The molecule has 0 bridgehead atoms. The molecule has 2 aliphatic rings. The third kappa shape index (κ3) is 2.28. The number of hydrogen-bond acceptors (Lipinski definition) is 3. The first-order valence-corrected chi connectivity index (χ1v) is 7.68. The SMILES string of the molecule is CC1(C)C(N[C@H](CCO)c2ccccc2)C2CCOC21. The highest BCUT2D eigenvalue weighted by Gasteiger charge is 2.59. The minimum atomic E-state index is 0.184.